The summed E-state index contributed by atoms with van der Waals surface area (Å²) < 4.78 is 18.4. The van der Waals surface area contributed by atoms with E-state index in [2.05, 4.69) is 0 Å². The Morgan fingerprint density at radius 1 is 1.38 bits per heavy atom. The third-order valence-corrected chi connectivity index (χ3v) is 3.16. The Balaban J connectivity index is 2.31. The number of hydrogen-bond donors (Lipinski definition) is 0. The number of Topliss-reactive ketones (excluding diaryl/α,β-unsaturated/α-hetero) is 1. The fourth-order valence-electron chi connectivity index (χ4n) is 2.32. The Kier molecular flexibility index (Phi) is 3.22. The topological polar surface area (TPSA) is 26.3 Å². The number of carbonyl (C=O) groups excluding carboxylic acids is 1. The van der Waals surface area contributed by atoms with Crippen LogP contribution in [0.3, 0.4) is 0 Å². The van der Waals surface area contributed by atoms with E-state index in [-0.39, 0.29) is 17.5 Å². The summed E-state index contributed by atoms with van der Waals surface area (Å²) in [5.74, 6) is -0.310. The van der Waals surface area contributed by atoms with Crippen molar-refractivity contribution in [1.82, 2.24) is 0 Å². The molecule has 0 spiro atoms. The minimum Gasteiger partial charge on any atom is -0.493 e. The third kappa shape index (κ3) is 1.94. The van der Waals surface area contributed by atoms with Gasteiger partial charge in [-0.2, -0.15) is 0 Å². The van der Waals surface area contributed by atoms with Crippen LogP contribution >= 0.6 is 0 Å². The van der Waals surface area contributed by atoms with Gasteiger partial charge >= 0.3 is 0 Å². The van der Waals surface area contributed by atoms with Gasteiger partial charge in [-0.15, -0.1) is 0 Å². The summed E-state index contributed by atoms with van der Waals surface area (Å²) in [6.07, 6.45) is 4.01. The molecule has 0 aliphatic heterocycles. The molecule has 0 bridgehead atoms. The average Bonchev–Trinajstić information content (AvgIpc) is 2.81. The van der Waals surface area contributed by atoms with Crippen molar-refractivity contribution in [1.29, 1.82) is 0 Å². The maximum atomic E-state index is 13.4. The second-order valence-electron chi connectivity index (χ2n) is 4.17. The molecule has 86 valence electrons. The molecule has 16 heavy (non-hydrogen) atoms. The average molecular weight is 222 g/mol. The normalized spacial score (nSPS) is 16.4. The number of rotatable bonds is 3. The van der Waals surface area contributed by atoms with E-state index in [1.807, 2.05) is 0 Å². The van der Waals surface area contributed by atoms with E-state index in [0.29, 0.717) is 5.56 Å². The molecule has 1 aliphatic rings. The van der Waals surface area contributed by atoms with Crippen LogP contribution in [-0.2, 0) is 0 Å². The first kappa shape index (κ1) is 11.1. The van der Waals surface area contributed by atoms with Crippen molar-refractivity contribution in [3.63, 3.8) is 0 Å². The first-order chi connectivity index (χ1) is 7.74. The molecular weight excluding hydrogens is 207 g/mol. The van der Waals surface area contributed by atoms with Crippen LogP contribution in [0, 0.1) is 11.7 Å². The number of ether oxygens (including phenoxy) is 1. The van der Waals surface area contributed by atoms with Gasteiger partial charge in [0.25, 0.3) is 0 Å². The molecule has 1 saturated carbocycles. The van der Waals surface area contributed by atoms with Crippen LogP contribution in [0.25, 0.3) is 0 Å². The number of carbonyl (C=O) groups is 1. The van der Waals surface area contributed by atoms with Crippen LogP contribution in [0.2, 0.25) is 0 Å². The lowest BCUT2D eigenvalue weighted by atomic mass is 9.95. The summed E-state index contributed by atoms with van der Waals surface area (Å²) in [4.78, 5) is 12.1. The van der Waals surface area contributed by atoms with Crippen LogP contribution in [0.4, 0.5) is 4.39 Å². The highest BCUT2D eigenvalue weighted by molar-refractivity contribution is 6.00. The van der Waals surface area contributed by atoms with Crippen LogP contribution in [-0.4, -0.2) is 12.9 Å². The highest BCUT2D eigenvalue weighted by Gasteiger charge is 2.26. The highest BCUT2D eigenvalue weighted by atomic mass is 19.1. The van der Waals surface area contributed by atoms with Crippen molar-refractivity contribution in [2.24, 2.45) is 5.92 Å². The molecule has 1 aromatic carbocycles. The van der Waals surface area contributed by atoms with Crippen molar-refractivity contribution in [3.05, 3.63) is 29.6 Å². The molecule has 3 heteroatoms. The molecular formula is C13H15FO2. The quantitative estimate of drug-likeness (QED) is 0.734. The lowest BCUT2D eigenvalue weighted by Gasteiger charge is -2.12. The Bertz CT molecular complexity index is 395. The van der Waals surface area contributed by atoms with E-state index in [4.69, 9.17) is 4.74 Å². The molecule has 0 N–H and O–H groups in total. The molecule has 1 aromatic rings. The van der Waals surface area contributed by atoms with Gasteiger partial charge in [0.2, 0.25) is 0 Å². The second-order valence-corrected chi connectivity index (χ2v) is 4.17. The van der Waals surface area contributed by atoms with Gasteiger partial charge in [-0.1, -0.05) is 18.9 Å². The zero-order chi connectivity index (χ0) is 11.5. The summed E-state index contributed by atoms with van der Waals surface area (Å²) >= 11 is 0. The number of methoxy groups -OCH3 is 1. The van der Waals surface area contributed by atoms with Crippen molar-refractivity contribution in [3.8, 4) is 5.75 Å². The highest BCUT2D eigenvalue weighted by Crippen LogP contribution is 2.32. The molecule has 1 fully saturated rings. The first-order valence-corrected chi connectivity index (χ1v) is 5.60. The van der Waals surface area contributed by atoms with E-state index in [9.17, 15) is 9.18 Å². The zero-order valence-corrected chi connectivity index (χ0v) is 9.33. The molecule has 1 aliphatic carbocycles. The molecule has 0 heterocycles. The number of halogens is 1. The minimum atomic E-state index is -0.466. The van der Waals surface area contributed by atoms with Gasteiger partial charge in [0.15, 0.2) is 17.3 Å². The van der Waals surface area contributed by atoms with E-state index in [0.717, 1.165) is 25.7 Å². The maximum absolute atomic E-state index is 13.4. The minimum absolute atomic E-state index is 0.0221. The van der Waals surface area contributed by atoms with Gasteiger partial charge in [0.1, 0.15) is 0 Å². The van der Waals surface area contributed by atoms with Gasteiger partial charge < -0.3 is 4.74 Å². The van der Waals surface area contributed by atoms with Gasteiger partial charge in [-0.3, -0.25) is 4.79 Å². The molecule has 2 nitrogen and oxygen atoms in total. The Labute approximate surface area is 94.4 Å². The largest absolute Gasteiger partial charge is 0.493 e. The molecule has 0 radical (unpaired) electrons. The van der Waals surface area contributed by atoms with Crippen molar-refractivity contribution < 1.29 is 13.9 Å². The summed E-state index contributed by atoms with van der Waals surface area (Å²) in [5.41, 5.74) is 0.384. The molecule has 0 atom stereocenters. The fourth-order valence-corrected chi connectivity index (χ4v) is 2.32. The summed E-state index contributed by atoms with van der Waals surface area (Å²) in [6, 6.07) is 4.51. The lowest BCUT2D eigenvalue weighted by molar-refractivity contribution is 0.0919. The van der Waals surface area contributed by atoms with Crippen LogP contribution < -0.4 is 4.74 Å². The number of ketones is 1. The van der Waals surface area contributed by atoms with Gasteiger partial charge in [-0.25, -0.2) is 4.39 Å². The SMILES string of the molecule is COc1c(F)cccc1C(=O)C1CCCC1. The standard InChI is InChI=1S/C13H15FO2/c1-16-13-10(7-4-8-11(13)14)12(15)9-5-2-3-6-9/h4,7-9H,2-3,5-6H2,1H3. The third-order valence-electron chi connectivity index (χ3n) is 3.16. The van der Waals surface area contributed by atoms with Crippen LogP contribution in [0.5, 0.6) is 5.75 Å². The van der Waals surface area contributed by atoms with Crippen molar-refractivity contribution >= 4 is 5.78 Å². The van der Waals surface area contributed by atoms with Crippen LogP contribution in [0.15, 0.2) is 18.2 Å². The van der Waals surface area contributed by atoms with Gasteiger partial charge in [-0.05, 0) is 25.0 Å². The predicted molar refractivity (Wildman–Crippen MR) is 59.2 cm³/mol. The molecule has 2 rings (SSSR count). The zero-order valence-electron chi connectivity index (χ0n) is 9.33. The number of benzene rings is 1. The Morgan fingerprint density at radius 3 is 2.69 bits per heavy atom. The second kappa shape index (κ2) is 4.64. The van der Waals surface area contributed by atoms with E-state index in [1.165, 1.54) is 13.2 Å². The molecule has 0 unspecified atom stereocenters. The molecule has 0 saturated heterocycles. The van der Waals surface area contributed by atoms with E-state index in [1.54, 1.807) is 12.1 Å². The fraction of sp³-hybridized carbons (Fsp3) is 0.462. The van der Waals surface area contributed by atoms with Crippen LogP contribution in [0.1, 0.15) is 36.0 Å². The Hall–Kier alpha value is -1.38. The summed E-state index contributed by atoms with van der Waals surface area (Å²) in [7, 11) is 1.39. The maximum Gasteiger partial charge on any atom is 0.169 e. The molecule has 0 amide bonds. The van der Waals surface area contributed by atoms with Crippen molar-refractivity contribution in [2.75, 3.05) is 7.11 Å². The van der Waals surface area contributed by atoms with Crippen molar-refractivity contribution in [2.45, 2.75) is 25.7 Å². The smallest absolute Gasteiger partial charge is 0.169 e. The first-order valence-electron chi connectivity index (χ1n) is 5.60. The Morgan fingerprint density at radius 2 is 2.06 bits per heavy atom. The molecule has 0 aromatic heterocycles. The van der Waals surface area contributed by atoms with Gasteiger partial charge in [0, 0.05) is 5.92 Å². The van der Waals surface area contributed by atoms with E-state index >= 15 is 0 Å². The summed E-state index contributed by atoms with van der Waals surface area (Å²) in [5, 5.41) is 0. The van der Waals surface area contributed by atoms with Gasteiger partial charge in [0.05, 0.1) is 12.7 Å². The predicted octanol–water partition coefficient (Wildman–Crippen LogP) is 3.21. The number of para-hydroxylation sites is 1. The number of hydrogen-bond acceptors (Lipinski definition) is 2. The van der Waals surface area contributed by atoms with E-state index < -0.39 is 5.82 Å². The monoisotopic (exact) mass is 222 g/mol. The summed E-state index contributed by atoms with van der Waals surface area (Å²) in [6.45, 7) is 0. The lowest BCUT2D eigenvalue weighted by Crippen LogP contribution is -2.12.